The predicted octanol–water partition coefficient (Wildman–Crippen LogP) is 4.61. The fourth-order valence-electron chi connectivity index (χ4n) is 2.54. The number of aromatic nitrogens is 2. The van der Waals surface area contributed by atoms with Crippen molar-refractivity contribution in [3.63, 3.8) is 0 Å². The molecule has 0 atom stereocenters. The fourth-order valence-corrected chi connectivity index (χ4v) is 3.47. The highest BCUT2D eigenvalue weighted by molar-refractivity contribution is 14.0. The second kappa shape index (κ2) is 11.8. The molecule has 2 N–H and O–H groups in total. The first-order valence-corrected chi connectivity index (χ1v) is 10.1. The monoisotopic (exact) mass is 541 g/mol. The molecule has 2 heterocycles. The van der Waals surface area contributed by atoms with Gasteiger partial charge in [0.2, 0.25) is 5.88 Å². The maximum Gasteiger partial charge on any atom is 0.219 e. The number of pyridine rings is 1. The Kier molecular flexibility index (Phi) is 9.44. The first-order chi connectivity index (χ1) is 14.0. The molecule has 1 aromatic carbocycles. The Hall–Kier alpha value is -2.27. The smallest absolute Gasteiger partial charge is 0.219 e. The number of rotatable bonds is 7. The van der Waals surface area contributed by atoms with Gasteiger partial charge in [-0.2, -0.15) is 0 Å². The van der Waals surface area contributed by atoms with Gasteiger partial charge in [-0.15, -0.1) is 35.3 Å². The average Bonchev–Trinajstić information content (AvgIpc) is 3.04. The van der Waals surface area contributed by atoms with E-state index in [9.17, 15) is 4.39 Å². The van der Waals surface area contributed by atoms with Crippen LogP contribution in [0, 0.1) is 19.7 Å². The first-order valence-electron chi connectivity index (χ1n) is 9.29. The van der Waals surface area contributed by atoms with E-state index in [2.05, 4.69) is 32.5 Å². The molecular weight excluding hydrogens is 516 g/mol. The molecule has 3 rings (SSSR count). The summed E-state index contributed by atoms with van der Waals surface area (Å²) in [4.78, 5) is 14.3. The summed E-state index contributed by atoms with van der Waals surface area (Å²) in [6.07, 6.45) is 2.59. The standard InChI is InChI=1S/C21H24FN5OS.HI/c1-14-15(2)29-20(27-14)10-11-24-21(23-3)26-13-16-4-9-19(25-12-16)28-18-7-5-17(22)6-8-18;/h4-9,12H,10-11,13H2,1-3H3,(H2,23,24,26);1H. The second-order valence-corrected chi connectivity index (χ2v) is 7.70. The zero-order chi connectivity index (χ0) is 20.6. The van der Waals surface area contributed by atoms with Crippen LogP contribution in [-0.2, 0) is 13.0 Å². The van der Waals surface area contributed by atoms with Gasteiger partial charge in [0.15, 0.2) is 5.96 Å². The van der Waals surface area contributed by atoms with Gasteiger partial charge in [0.1, 0.15) is 11.6 Å². The predicted molar refractivity (Wildman–Crippen MR) is 130 cm³/mol. The number of aryl methyl sites for hydroxylation is 2. The zero-order valence-corrected chi connectivity index (χ0v) is 20.3. The van der Waals surface area contributed by atoms with Gasteiger partial charge >= 0.3 is 0 Å². The number of nitrogens with one attached hydrogen (secondary N) is 2. The molecular formula is C21H25FIN5OS. The SMILES string of the molecule is CN=C(NCCc1nc(C)c(C)s1)NCc1ccc(Oc2ccc(F)cc2)nc1.I. The Morgan fingerprint density at radius 2 is 1.90 bits per heavy atom. The minimum Gasteiger partial charge on any atom is -0.439 e. The van der Waals surface area contributed by atoms with Crippen molar-refractivity contribution in [1.82, 2.24) is 20.6 Å². The van der Waals surface area contributed by atoms with Crippen LogP contribution in [0.3, 0.4) is 0 Å². The van der Waals surface area contributed by atoms with Gasteiger partial charge in [0, 0.05) is 43.7 Å². The summed E-state index contributed by atoms with van der Waals surface area (Å²) < 4.78 is 18.5. The lowest BCUT2D eigenvalue weighted by Crippen LogP contribution is -2.37. The lowest BCUT2D eigenvalue weighted by molar-refractivity contribution is 0.461. The van der Waals surface area contributed by atoms with Gasteiger partial charge in [-0.3, -0.25) is 4.99 Å². The maximum absolute atomic E-state index is 12.9. The first kappa shape index (κ1) is 24.0. The molecule has 2 aromatic heterocycles. The number of guanidine groups is 1. The normalized spacial score (nSPS) is 11.0. The Labute approximate surface area is 197 Å². The molecule has 160 valence electrons. The molecule has 0 amide bonds. The quantitative estimate of drug-likeness (QED) is 0.260. The molecule has 0 radical (unpaired) electrons. The molecule has 0 aliphatic heterocycles. The Morgan fingerprint density at radius 1 is 1.13 bits per heavy atom. The minimum atomic E-state index is -0.300. The number of nitrogens with zero attached hydrogens (tertiary/aromatic N) is 3. The van der Waals surface area contributed by atoms with E-state index in [-0.39, 0.29) is 29.8 Å². The number of hydrogen-bond acceptors (Lipinski definition) is 5. The van der Waals surface area contributed by atoms with Crippen molar-refractivity contribution in [3.8, 4) is 11.6 Å². The van der Waals surface area contributed by atoms with Crippen molar-refractivity contribution in [1.29, 1.82) is 0 Å². The molecule has 0 aliphatic rings. The van der Waals surface area contributed by atoms with Crippen molar-refractivity contribution < 1.29 is 9.13 Å². The summed E-state index contributed by atoms with van der Waals surface area (Å²) in [5.74, 6) is 1.42. The number of aliphatic imine (C=N–C) groups is 1. The third-order valence-electron chi connectivity index (χ3n) is 4.22. The van der Waals surface area contributed by atoms with Crippen LogP contribution in [0.15, 0.2) is 47.6 Å². The van der Waals surface area contributed by atoms with E-state index in [1.54, 1.807) is 42.8 Å². The van der Waals surface area contributed by atoms with Gasteiger partial charge < -0.3 is 15.4 Å². The average molecular weight is 541 g/mol. The third-order valence-corrected chi connectivity index (χ3v) is 5.35. The molecule has 0 saturated carbocycles. The summed E-state index contributed by atoms with van der Waals surface area (Å²) in [7, 11) is 1.74. The molecule has 3 aromatic rings. The van der Waals surface area contributed by atoms with Crippen LogP contribution < -0.4 is 15.4 Å². The second-order valence-electron chi connectivity index (χ2n) is 6.41. The van der Waals surface area contributed by atoms with Crippen molar-refractivity contribution in [2.75, 3.05) is 13.6 Å². The van der Waals surface area contributed by atoms with E-state index in [0.717, 1.165) is 35.2 Å². The summed E-state index contributed by atoms with van der Waals surface area (Å²) in [6, 6.07) is 9.54. The van der Waals surface area contributed by atoms with E-state index in [0.29, 0.717) is 18.2 Å². The van der Waals surface area contributed by atoms with Gasteiger partial charge in [-0.05, 0) is 43.7 Å². The van der Waals surface area contributed by atoms with Crippen LogP contribution in [0.4, 0.5) is 4.39 Å². The van der Waals surface area contributed by atoms with Gasteiger partial charge in [-0.25, -0.2) is 14.4 Å². The number of halogens is 2. The number of ether oxygens (including phenoxy) is 1. The Balaban J connectivity index is 0.00000320. The molecule has 0 saturated heterocycles. The highest BCUT2D eigenvalue weighted by atomic mass is 127. The summed E-state index contributed by atoms with van der Waals surface area (Å²) >= 11 is 1.74. The number of benzene rings is 1. The molecule has 9 heteroatoms. The zero-order valence-electron chi connectivity index (χ0n) is 17.1. The number of thiazole rings is 1. The summed E-state index contributed by atoms with van der Waals surface area (Å²) in [6.45, 7) is 5.47. The lowest BCUT2D eigenvalue weighted by atomic mass is 10.3. The fraction of sp³-hybridized carbons (Fsp3) is 0.286. The molecule has 30 heavy (non-hydrogen) atoms. The van der Waals surface area contributed by atoms with E-state index in [1.165, 1.54) is 17.0 Å². The Morgan fingerprint density at radius 3 is 2.50 bits per heavy atom. The number of hydrogen-bond donors (Lipinski definition) is 2. The van der Waals surface area contributed by atoms with Crippen LogP contribution >= 0.6 is 35.3 Å². The largest absolute Gasteiger partial charge is 0.439 e. The van der Waals surface area contributed by atoms with Crippen molar-refractivity contribution in [3.05, 3.63) is 69.6 Å². The van der Waals surface area contributed by atoms with Crippen molar-refractivity contribution in [2.45, 2.75) is 26.8 Å². The molecule has 0 bridgehead atoms. The van der Waals surface area contributed by atoms with Gasteiger partial charge in [0.25, 0.3) is 0 Å². The molecule has 0 unspecified atom stereocenters. The van der Waals surface area contributed by atoms with Gasteiger partial charge in [0.05, 0.1) is 10.7 Å². The summed E-state index contributed by atoms with van der Waals surface area (Å²) in [5, 5.41) is 7.69. The van der Waals surface area contributed by atoms with Crippen molar-refractivity contribution >= 4 is 41.3 Å². The topological polar surface area (TPSA) is 71.4 Å². The van der Waals surface area contributed by atoms with Crippen LogP contribution in [0.25, 0.3) is 0 Å². The van der Waals surface area contributed by atoms with E-state index >= 15 is 0 Å². The van der Waals surface area contributed by atoms with E-state index < -0.39 is 0 Å². The van der Waals surface area contributed by atoms with Crippen LogP contribution in [0.1, 0.15) is 21.1 Å². The molecule has 0 aliphatic carbocycles. The maximum atomic E-state index is 12.9. The molecule has 0 fully saturated rings. The van der Waals surface area contributed by atoms with Crippen LogP contribution in [0.5, 0.6) is 11.6 Å². The van der Waals surface area contributed by atoms with E-state index in [4.69, 9.17) is 4.74 Å². The summed E-state index contributed by atoms with van der Waals surface area (Å²) in [5.41, 5.74) is 2.09. The Bertz CT molecular complexity index is 941. The minimum absolute atomic E-state index is 0. The molecule has 6 nitrogen and oxygen atoms in total. The molecule has 0 spiro atoms. The van der Waals surface area contributed by atoms with Crippen LogP contribution in [0.2, 0.25) is 0 Å². The third kappa shape index (κ3) is 7.21. The highest BCUT2D eigenvalue weighted by Gasteiger charge is 2.05. The van der Waals surface area contributed by atoms with Gasteiger partial charge in [-0.1, -0.05) is 6.07 Å². The van der Waals surface area contributed by atoms with E-state index in [1.807, 2.05) is 13.0 Å². The highest BCUT2D eigenvalue weighted by Crippen LogP contribution is 2.19. The van der Waals surface area contributed by atoms with Crippen LogP contribution in [-0.4, -0.2) is 29.5 Å². The lowest BCUT2D eigenvalue weighted by Gasteiger charge is -2.11. The van der Waals surface area contributed by atoms with Crippen molar-refractivity contribution in [2.24, 2.45) is 4.99 Å².